The number of carbonyl (C=O) groups is 2. The standard InChI is InChI=1S/C51H74N2O10/c1-44-14-8-38-40(50(44,60)20-12-36(44)32-24-42(56)62-28-32)10-18-48(58)26-34(54)6-16-46(38,48)30-52-22-4-3-5-23-53-31-47-17-7-35(55)27-49(47,59)19-11-41-39(47)9-15-45(2)37(13-21-51(41,45)61)33-25-43(57)63-29-33/h24-25,30-31,34-41,54-55,58-61H,3-23,26-29H2,1-2H3/t34-,35+,36-,37-,38-,39-,40+,41-,44+,45+,46-,47-,48+,49-,50-,51-/m0/s1. The summed E-state index contributed by atoms with van der Waals surface area (Å²) >= 11 is 0. The fourth-order valence-electron chi connectivity index (χ4n) is 17.8. The van der Waals surface area contributed by atoms with Gasteiger partial charge in [0.1, 0.15) is 13.2 Å². The molecule has 0 aromatic heterocycles. The van der Waals surface area contributed by atoms with Gasteiger partial charge in [0, 0.05) is 72.2 Å². The lowest BCUT2D eigenvalue weighted by atomic mass is 9.41. The Hall–Kier alpha value is -2.48. The van der Waals surface area contributed by atoms with Crippen LogP contribution in [-0.2, 0) is 19.1 Å². The van der Waals surface area contributed by atoms with Gasteiger partial charge in [0.15, 0.2) is 0 Å². The van der Waals surface area contributed by atoms with Crippen LogP contribution in [-0.4, -0.2) is 116 Å². The van der Waals surface area contributed by atoms with E-state index < -0.39 is 45.4 Å². The summed E-state index contributed by atoms with van der Waals surface area (Å²) in [4.78, 5) is 34.2. The van der Waals surface area contributed by atoms with Gasteiger partial charge in [0.05, 0.1) is 34.6 Å². The smallest absolute Gasteiger partial charge is 0.331 e. The van der Waals surface area contributed by atoms with E-state index >= 15 is 0 Å². The van der Waals surface area contributed by atoms with Crippen molar-refractivity contribution in [3.05, 3.63) is 23.3 Å². The topological polar surface area (TPSA) is 199 Å². The molecule has 0 amide bonds. The molecule has 2 aliphatic heterocycles. The Labute approximate surface area is 373 Å². The first-order chi connectivity index (χ1) is 30.0. The van der Waals surface area contributed by atoms with Crippen LogP contribution >= 0.6 is 0 Å². The van der Waals surface area contributed by atoms with Crippen LogP contribution in [0.3, 0.4) is 0 Å². The molecule has 0 unspecified atom stereocenters. The number of aliphatic hydroxyl groups is 6. The number of esters is 2. The van der Waals surface area contributed by atoms with Gasteiger partial charge in [0.25, 0.3) is 0 Å². The molecule has 0 aromatic rings. The maximum atomic E-state index is 12.8. The highest BCUT2D eigenvalue weighted by atomic mass is 16.5. The number of carbonyl (C=O) groups excluding carboxylic acids is 2. The quantitative estimate of drug-likeness (QED) is 0.0897. The lowest BCUT2D eigenvalue weighted by Crippen LogP contribution is -2.68. The molecule has 0 aromatic carbocycles. The fraction of sp³-hybridized carbons (Fsp3) is 0.843. The summed E-state index contributed by atoms with van der Waals surface area (Å²) < 4.78 is 10.6. The van der Waals surface area contributed by atoms with Crippen LogP contribution in [0, 0.1) is 57.2 Å². The van der Waals surface area contributed by atoms with Crippen molar-refractivity contribution in [3.8, 4) is 0 Å². The zero-order valence-corrected chi connectivity index (χ0v) is 37.8. The molecule has 8 aliphatic carbocycles. The minimum Gasteiger partial charge on any atom is -0.458 e. The van der Waals surface area contributed by atoms with Crippen LogP contribution in [0.15, 0.2) is 33.3 Å². The molecule has 2 heterocycles. The van der Waals surface area contributed by atoms with E-state index in [1.807, 2.05) is 0 Å². The third kappa shape index (κ3) is 6.39. The molecule has 6 N–H and O–H groups in total. The molecule has 63 heavy (non-hydrogen) atoms. The number of unbranched alkanes of at least 4 members (excludes halogenated alkanes) is 2. The van der Waals surface area contributed by atoms with Gasteiger partial charge in [0.2, 0.25) is 0 Å². The Kier molecular flexibility index (Phi) is 10.9. The van der Waals surface area contributed by atoms with E-state index in [0.29, 0.717) is 103 Å². The molecule has 0 spiro atoms. The third-order valence-corrected chi connectivity index (χ3v) is 21.0. The van der Waals surface area contributed by atoms with Crippen molar-refractivity contribution in [1.82, 2.24) is 0 Å². The zero-order chi connectivity index (χ0) is 44.3. The summed E-state index contributed by atoms with van der Waals surface area (Å²) in [6.07, 6.45) is 20.9. The number of nitrogens with zero attached hydrogens (tertiary/aromatic N) is 2. The second-order valence-electron chi connectivity index (χ2n) is 23.2. The molecule has 0 saturated heterocycles. The van der Waals surface area contributed by atoms with Crippen LogP contribution in [0.25, 0.3) is 0 Å². The number of aliphatic imine (C=N–C) groups is 2. The van der Waals surface area contributed by atoms with Crippen molar-refractivity contribution >= 4 is 24.4 Å². The minimum absolute atomic E-state index is 0.00329. The lowest BCUT2D eigenvalue weighted by molar-refractivity contribution is -0.237. The molecular weight excluding hydrogens is 801 g/mol. The fourth-order valence-corrected chi connectivity index (χ4v) is 17.8. The number of rotatable bonds is 10. The van der Waals surface area contributed by atoms with E-state index in [1.165, 1.54) is 0 Å². The van der Waals surface area contributed by atoms with E-state index in [4.69, 9.17) is 19.5 Å². The SMILES string of the molecule is C[C@]12CC[C@H]3[C@@H](CC[C@@]4(O)C[C@@H](O)CC[C@]34C=NCCCCCN=C[C@]34CC[C@@H](O)C[C@@]3(O)CC[C@H]3[C@@H]4CC[C@]4(C)[C@H](C5=CC(=O)OC5)CC[C@]34O)[C@@]1(O)CC[C@H]2C1=CC(=O)OC1. The molecule has 8 saturated carbocycles. The molecule has 10 rings (SSSR count). The molecule has 12 heteroatoms. The summed E-state index contributed by atoms with van der Waals surface area (Å²) in [5, 5.41) is 72.1. The van der Waals surface area contributed by atoms with Crippen LogP contribution in [0.2, 0.25) is 0 Å². The summed E-state index contributed by atoms with van der Waals surface area (Å²) in [5.41, 5.74) is -3.97. The van der Waals surface area contributed by atoms with Crippen LogP contribution in [0.1, 0.15) is 149 Å². The highest BCUT2D eigenvalue weighted by molar-refractivity contribution is 5.86. The number of hydrogen-bond acceptors (Lipinski definition) is 12. The van der Waals surface area contributed by atoms with Crippen LogP contribution in [0.4, 0.5) is 0 Å². The predicted molar refractivity (Wildman–Crippen MR) is 236 cm³/mol. The van der Waals surface area contributed by atoms with Crippen molar-refractivity contribution < 1.29 is 49.7 Å². The average Bonchev–Trinajstić information content (AvgIpc) is 4.00. The first kappa shape index (κ1) is 44.4. The highest BCUT2D eigenvalue weighted by Crippen LogP contribution is 2.72. The Morgan fingerprint density at radius 1 is 0.556 bits per heavy atom. The maximum Gasteiger partial charge on any atom is 0.331 e. The third-order valence-electron chi connectivity index (χ3n) is 21.0. The summed E-state index contributed by atoms with van der Waals surface area (Å²) in [6.45, 7) is 6.29. The second-order valence-corrected chi connectivity index (χ2v) is 23.2. The summed E-state index contributed by atoms with van der Waals surface area (Å²) in [5.74, 6) is -0.296. The minimum atomic E-state index is -1.08. The molecular formula is C51H74N2O10. The predicted octanol–water partition coefficient (Wildman–Crippen LogP) is 5.72. The monoisotopic (exact) mass is 875 g/mol. The van der Waals surface area contributed by atoms with Gasteiger partial charge in [-0.05, 0) is 169 Å². The highest BCUT2D eigenvalue weighted by Gasteiger charge is 2.73. The summed E-state index contributed by atoms with van der Waals surface area (Å²) in [6, 6.07) is 0. The number of aliphatic hydroxyl groups excluding tert-OH is 2. The second kappa shape index (κ2) is 15.5. The Balaban J connectivity index is 0.800. The molecule has 8 fully saturated rings. The van der Waals surface area contributed by atoms with Crippen molar-refractivity contribution in [1.29, 1.82) is 0 Å². The zero-order valence-electron chi connectivity index (χ0n) is 37.8. The van der Waals surface area contributed by atoms with Gasteiger partial charge in [-0.3, -0.25) is 9.98 Å². The van der Waals surface area contributed by atoms with Crippen molar-refractivity contribution in [3.63, 3.8) is 0 Å². The van der Waals surface area contributed by atoms with Gasteiger partial charge in [-0.25, -0.2) is 9.59 Å². The molecule has 16 atom stereocenters. The normalized spacial score (nSPS) is 51.4. The summed E-state index contributed by atoms with van der Waals surface area (Å²) in [7, 11) is 0. The Morgan fingerprint density at radius 2 is 0.968 bits per heavy atom. The van der Waals surface area contributed by atoms with Crippen LogP contribution < -0.4 is 0 Å². The van der Waals surface area contributed by atoms with E-state index in [1.54, 1.807) is 12.2 Å². The lowest BCUT2D eigenvalue weighted by Gasteiger charge is -2.65. The number of cyclic esters (lactones) is 2. The number of ether oxygens (including phenoxy) is 2. The first-order valence-corrected chi connectivity index (χ1v) is 25.0. The maximum absolute atomic E-state index is 12.8. The van der Waals surface area contributed by atoms with E-state index in [9.17, 15) is 40.2 Å². The molecule has 0 bridgehead atoms. The number of fused-ring (bicyclic) bond motifs is 10. The molecule has 12 nitrogen and oxygen atoms in total. The molecule has 0 radical (unpaired) electrons. The number of hydrogen-bond donors (Lipinski definition) is 6. The van der Waals surface area contributed by atoms with Gasteiger partial charge in [-0.2, -0.15) is 0 Å². The van der Waals surface area contributed by atoms with E-state index in [-0.39, 0.29) is 58.3 Å². The Bertz CT molecular complexity index is 1830. The molecule has 348 valence electrons. The van der Waals surface area contributed by atoms with Crippen LogP contribution in [0.5, 0.6) is 0 Å². The van der Waals surface area contributed by atoms with Crippen molar-refractivity contribution in [2.75, 3.05) is 26.3 Å². The van der Waals surface area contributed by atoms with Gasteiger partial charge < -0.3 is 40.1 Å². The van der Waals surface area contributed by atoms with E-state index in [2.05, 4.69) is 26.3 Å². The van der Waals surface area contributed by atoms with Crippen molar-refractivity contribution in [2.45, 2.75) is 183 Å². The Morgan fingerprint density at radius 3 is 1.37 bits per heavy atom. The molecule has 10 aliphatic rings. The first-order valence-electron chi connectivity index (χ1n) is 25.0. The van der Waals surface area contributed by atoms with Gasteiger partial charge in [-0.1, -0.05) is 13.8 Å². The largest absolute Gasteiger partial charge is 0.458 e. The van der Waals surface area contributed by atoms with Crippen molar-refractivity contribution in [2.24, 2.45) is 67.2 Å². The average molecular weight is 875 g/mol. The van der Waals surface area contributed by atoms with Gasteiger partial charge >= 0.3 is 11.9 Å². The van der Waals surface area contributed by atoms with E-state index in [0.717, 1.165) is 68.9 Å². The van der Waals surface area contributed by atoms with Gasteiger partial charge in [-0.15, -0.1) is 0 Å².